The molecule has 4 heteroatoms. The molecule has 2 rings (SSSR count). The Bertz CT molecular complexity index is 408. The minimum absolute atomic E-state index is 0.510. The van der Waals surface area contributed by atoms with Gasteiger partial charge in [0.1, 0.15) is 5.15 Å². The predicted octanol–water partition coefficient (Wildman–Crippen LogP) is 3.17. The van der Waals surface area contributed by atoms with Crippen LogP contribution in [0, 0.1) is 6.92 Å². The van der Waals surface area contributed by atoms with Crippen LogP contribution < -0.4 is 0 Å². The fourth-order valence-electron chi connectivity index (χ4n) is 1.02. The molecule has 0 bridgehead atoms. The molecule has 2 nitrogen and oxygen atoms in total. The zero-order valence-corrected chi connectivity index (χ0v) is 8.56. The van der Waals surface area contributed by atoms with E-state index >= 15 is 0 Å². The van der Waals surface area contributed by atoms with Crippen LogP contribution in [-0.4, -0.2) is 9.97 Å². The third-order valence-corrected chi connectivity index (χ3v) is 2.64. The molecule has 0 radical (unpaired) electrons. The zero-order chi connectivity index (χ0) is 9.26. The highest BCUT2D eigenvalue weighted by Gasteiger charge is 2.01. The number of thiazole rings is 1. The maximum absolute atomic E-state index is 5.68. The summed E-state index contributed by atoms with van der Waals surface area (Å²) in [6, 6.07) is 3.69. The monoisotopic (exact) mass is 210 g/mol. The Hall–Kier alpha value is -0.930. The van der Waals surface area contributed by atoms with E-state index in [2.05, 4.69) is 9.97 Å². The van der Waals surface area contributed by atoms with E-state index in [1.165, 1.54) is 0 Å². The average Bonchev–Trinajstić information content (AvgIpc) is 2.53. The summed E-state index contributed by atoms with van der Waals surface area (Å²) >= 11 is 7.31. The van der Waals surface area contributed by atoms with Crippen molar-refractivity contribution >= 4 is 22.9 Å². The van der Waals surface area contributed by atoms with Crippen LogP contribution in [0.1, 0.15) is 5.01 Å². The van der Waals surface area contributed by atoms with Crippen molar-refractivity contribution in [1.29, 1.82) is 0 Å². The second-order valence-electron chi connectivity index (χ2n) is 2.62. The largest absolute Gasteiger partial charge is 0.244 e. The lowest BCUT2D eigenvalue weighted by Crippen LogP contribution is -1.80. The van der Waals surface area contributed by atoms with Crippen LogP contribution >= 0.6 is 22.9 Å². The second kappa shape index (κ2) is 3.44. The first-order valence-electron chi connectivity index (χ1n) is 3.80. The molecule has 0 aliphatic carbocycles. The highest BCUT2D eigenvalue weighted by molar-refractivity contribution is 7.09. The van der Waals surface area contributed by atoms with E-state index in [1.54, 1.807) is 23.6 Å². The number of rotatable bonds is 1. The number of nitrogens with zero attached hydrogens (tertiary/aromatic N) is 2. The van der Waals surface area contributed by atoms with Crippen LogP contribution in [0.25, 0.3) is 11.3 Å². The van der Waals surface area contributed by atoms with Gasteiger partial charge in [0.15, 0.2) is 0 Å². The third kappa shape index (κ3) is 1.87. The van der Waals surface area contributed by atoms with Gasteiger partial charge in [0.25, 0.3) is 0 Å². The molecule has 13 heavy (non-hydrogen) atoms. The van der Waals surface area contributed by atoms with Crippen molar-refractivity contribution in [3.63, 3.8) is 0 Å². The maximum Gasteiger partial charge on any atom is 0.129 e. The normalized spacial score (nSPS) is 10.3. The molecular formula is C9H7ClN2S. The van der Waals surface area contributed by atoms with Crippen LogP contribution in [0.3, 0.4) is 0 Å². The predicted molar refractivity (Wildman–Crippen MR) is 55.1 cm³/mol. The number of halogens is 1. The Kier molecular flexibility index (Phi) is 2.29. The second-order valence-corrected chi connectivity index (χ2v) is 4.07. The molecular weight excluding hydrogens is 204 g/mol. The van der Waals surface area contributed by atoms with E-state index < -0.39 is 0 Å². The van der Waals surface area contributed by atoms with Gasteiger partial charge in [-0.3, -0.25) is 0 Å². The molecule has 2 aromatic heterocycles. The fraction of sp³-hybridized carbons (Fsp3) is 0.111. The molecule has 0 fully saturated rings. The SMILES string of the molecule is Cc1nc(-c2ccc(Cl)nc2)cs1. The van der Waals surface area contributed by atoms with Gasteiger partial charge in [0.05, 0.1) is 10.7 Å². The van der Waals surface area contributed by atoms with E-state index in [4.69, 9.17) is 11.6 Å². The fourth-order valence-corrected chi connectivity index (χ4v) is 1.76. The van der Waals surface area contributed by atoms with E-state index in [9.17, 15) is 0 Å². The van der Waals surface area contributed by atoms with Crippen LogP contribution in [-0.2, 0) is 0 Å². The van der Waals surface area contributed by atoms with Gasteiger partial charge in [0.2, 0.25) is 0 Å². The summed E-state index contributed by atoms with van der Waals surface area (Å²) in [6.45, 7) is 1.98. The number of aromatic nitrogens is 2. The topological polar surface area (TPSA) is 25.8 Å². The third-order valence-electron chi connectivity index (χ3n) is 1.64. The van der Waals surface area contributed by atoms with Gasteiger partial charge < -0.3 is 0 Å². The first-order valence-corrected chi connectivity index (χ1v) is 5.05. The van der Waals surface area contributed by atoms with Crippen LogP contribution in [0.15, 0.2) is 23.7 Å². The minimum Gasteiger partial charge on any atom is -0.244 e. The van der Waals surface area contributed by atoms with Crippen LogP contribution in [0.2, 0.25) is 5.15 Å². The van der Waals surface area contributed by atoms with E-state index in [1.807, 2.05) is 18.4 Å². The summed E-state index contributed by atoms with van der Waals surface area (Å²) in [5.41, 5.74) is 1.97. The first kappa shape index (κ1) is 8.66. The van der Waals surface area contributed by atoms with E-state index in [0.29, 0.717) is 5.15 Å². The van der Waals surface area contributed by atoms with Crippen molar-refractivity contribution in [2.24, 2.45) is 0 Å². The molecule has 0 unspecified atom stereocenters. The van der Waals surface area contributed by atoms with Crippen molar-refractivity contribution in [3.8, 4) is 11.3 Å². The Morgan fingerprint density at radius 3 is 2.77 bits per heavy atom. The number of hydrogen-bond acceptors (Lipinski definition) is 3. The van der Waals surface area contributed by atoms with E-state index in [-0.39, 0.29) is 0 Å². The van der Waals surface area contributed by atoms with Crippen molar-refractivity contribution in [2.75, 3.05) is 0 Å². The number of aryl methyl sites for hydroxylation is 1. The standard InChI is InChI=1S/C9H7ClN2S/c1-6-12-8(5-13-6)7-2-3-9(10)11-4-7/h2-5H,1H3. The summed E-state index contributed by atoms with van der Waals surface area (Å²) in [7, 11) is 0. The molecule has 0 aliphatic rings. The van der Waals surface area contributed by atoms with Gasteiger partial charge in [-0.15, -0.1) is 11.3 Å². The molecule has 66 valence electrons. The quantitative estimate of drug-likeness (QED) is 0.676. The molecule has 0 aliphatic heterocycles. The minimum atomic E-state index is 0.510. The summed E-state index contributed by atoms with van der Waals surface area (Å²) in [4.78, 5) is 8.34. The molecule has 0 amide bonds. The Labute approximate surface area is 85.2 Å². The Balaban J connectivity index is 2.41. The molecule has 2 aromatic rings. The molecule has 0 aromatic carbocycles. The summed E-state index contributed by atoms with van der Waals surface area (Å²) in [6.07, 6.45) is 1.73. The summed E-state index contributed by atoms with van der Waals surface area (Å²) < 4.78 is 0. The van der Waals surface area contributed by atoms with Crippen LogP contribution in [0.5, 0.6) is 0 Å². The van der Waals surface area contributed by atoms with Gasteiger partial charge in [-0.25, -0.2) is 9.97 Å². The lowest BCUT2D eigenvalue weighted by molar-refractivity contribution is 1.27. The van der Waals surface area contributed by atoms with Crippen molar-refractivity contribution < 1.29 is 0 Å². The van der Waals surface area contributed by atoms with Crippen molar-refractivity contribution in [1.82, 2.24) is 9.97 Å². The highest BCUT2D eigenvalue weighted by Crippen LogP contribution is 2.21. The van der Waals surface area contributed by atoms with Crippen LogP contribution in [0.4, 0.5) is 0 Å². The van der Waals surface area contributed by atoms with Gasteiger partial charge in [-0.2, -0.15) is 0 Å². The van der Waals surface area contributed by atoms with Crippen molar-refractivity contribution in [2.45, 2.75) is 6.92 Å². The van der Waals surface area contributed by atoms with Gasteiger partial charge in [-0.05, 0) is 19.1 Å². The van der Waals surface area contributed by atoms with Gasteiger partial charge in [-0.1, -0.05) is 11.6 Å². The lowest BCUT2D eigenvalue weighted by Gasteiger charge is -1.94. The smallest absolute Gasteiger partial charge is 0.129 e. The van der Waals surface area contributed by atoms with Crippen molar-refractivity contribution in [3.05, 3.63) is 33.9 Å². The zero-order valence-electron chi connectivity index (χ0n) is 6.99. The van der Waals surface area contributed by atoms with E-state index in [0.717, 1.165) is 16.3 Å². The molecule has 0 atom stereocenters. The molecule has 0 N–H and O–H groups in total. The maximum atomic E-state index is 5.68. The summed E-state index contributed by atoms with van der Waals surface area (Å²) in [5.74, 6) is 0. The van der Waals surface area contributed by atoms with Gasteiger partial charge in [0, 0.05) is 17.1 Å². The molecule has 0 saturated carbocycles. The highest BCUT2D eigenvalue weighted by atomic mass is 35.5. The summed E-state index contributed by atoms with van der Waals surface area (Å²) in [5, 5.41) is 3.58. The Morgan fingerprint density at radius 2 is 2.23 bits per heavy atom. The lowest BCUT2D eigenvalue weighted by atomic mass is 10.2. The molecule has 2 heterocycles. The van der Waals surface area contributed by atoms with Gasteiger partial charge >= 0.3 is 0 Å². The molecule has 0 saturated heterocycles. The molecule has 0 spiro atoms. The number of hydrogen-bond donors (Lipinski definition) is 0. The first-order chi connectivity index (χ1) is 6.25. The average molecular weight is 211 g/mol. The Morgan fingerprint density at radius 1 is 1.38 bits per heavy atom. The number of pyridine rings is 1.